The number of carbonyl (C=O) groups is 1. The van der Waals surface area contributed by atoms with Crippen molar-refractivity contribution in [1.82, 2.24) is 0 Å². The Balaban J connectivity index is 2.11. The zero-order valence-corrected chi connectivity index (χ0v) is 22.4. The summed E-state index contributed by atoms with van der Waals surface area (Å²) in [7, 11) is -12.0. The minimum absolute atomic E-state index is 0.0422. The summed E-state index contributed by atoms with van der Waals surface area (Å²) in [6.45, 7) is 0. The summed E-state index contributed by atoms with van der Waals surface area (Å²) >= 11 is 0. The second kappa shape index (κ2) is 11.6. The van der Waals surface area contributed by atoms with Crippen molar-refractivity contribution in [3.8, 4) is 23.0 Å². The van der Waals surface area contributed by atoms with Gasteiger partial charge >= 0.3 is 22.4 Å². The van der Waals surface area contributed by atoms with Gasteiger partial charge in [-0.25, -0.2) is 16.8 Å². The number of rotatable bonds is 10. The molecule has 3 aromatic carbocycles. The van der Waals surface area contributed by atoms with E-state index in [9.17, 15) is 73.3 Å². The SMILES string of the molecule is O=C([O-])Cc1cc(Oc2ccc(S(=O)(=O)C(F)(F)F)cc2[N+](=O)[O-])cc(Oc2ccc(S(=O)(=O)C(F)(F)F)cc2[N+](=O)[O-])c1. The van der Waals surface area contributed by atoms with Crippen molar-refractivity contribution in [2.45, 2.75) is 27.2 Å². The molecule has 0 unspecified atom stereocenters. The highest BCUT2D eigenvalue weighted by Crippen LogP contribution is 2.41. The zero-order valence-electron chi connectivity index (χ0n) is 20.8. The molecule has 44 heavy (non-hydrogen) atoms. The van der Waals surface area contributed by atoms with E-state index in [0.29, 0.717) is 24.3 Å². The van der Waals surface area contributed by atoms with Crippen LogP contribution < -0.4 is 14.6 Å². The number of carbonyl (C=O) groups excluding carboxylic acids is 1. The van der Waals surface area contributed by atoms with Gasteiger partial charge in [0.15, 0.2) is 0 Å². The van der Waals surface area contributed by atoms with E-state index in [-0.39, 0.29) is 17.7 Å². The Labute approximate surface area is 240 Å². The molecule has 0 atom stereocenters. The summed E-state index contributed by atoms with van der Waals surface area (Å²) in [5.41, 5.74) is -14.5. The number of nitrogens with zero attached hydrogens (tertiary/aromatic N) is 2. The van der Waals surface area contributed by atoms with Gasteiger partial charge in [-0.2, -0.15) is 26.3 Å². The molecular weight excluding hydrogens is 662 g/mol. The van der Waals surface area contributed by atoms with Crippen molar-refractivity contribution in [1.29, 1.82) is 0 Å². The molecule has 0 spiro atoms. The van der Waals surface area contributed by atoms with E-state index in [1.165, 1.54) is 0 Å². The van der Waals surface area contributed by atoms with Crippen molar-refractivity contribution < 1.29 is 72.4 Å². The van der Waals surface area contributed by atoms with E-state index >= 15 is 0 Å². The number of sulfone groups is 2. The lowest BCUT2D eigenvalue weighted by Crippen LogP contribution is -2.24. The molecule has 0 aliphatic heterocycles. The van der Waals surface area contributed by atoms with Crippen LogP contribution in [0.4, 0.5) is 37.7 Å². The molecule has 0 bridgehead atoms. The van der Waals surface area contributed by atoms with Crippen molar-refractivity contribution >= 4 is 37.0 Å². The molecule has 3 aromatic rings. The van der Waals surface area contributed by atoms with Gasteiger partial charge in [-0.15, -0.1) is 0 Å². The lowest BCUT2D eigenvalue weighted by Gasteiger charge is -2.14. The van der Waals surface area contributed by atoms with Crippen molar-refractivity contribution in [2.24, 2.45) is 0 Å². The highest BCUT2D eigenvalue weighted by Gasteiger charge is 2.48. The van der Waals surface area contributed by atoms with Gasteiger partial charge in [-0.3, -0.25) is 20.2 Å². The van der Waals surface area contributed by atoms with Gasteiger partial charge in [0.2, 0.25) is 11.5 Å². The maximum absolute atomic E-state index is 12.9. The Hall–Kier alpha value is -4.99. The fourth-order valence-electron chi connectivity index (χ4n) is 3.33. The first-order chi connectivity index (χ1) is 20.0. The van der Waals surface area contributed by atoms with Crippen LogP contribution in [0, 0.1) is 20.2 Å². The first-order valence-corrected chi connectivity index (χ1v) is 13.9. The number of nitro groups is 2. The molecule has 236 valence electrons. The standard InChI is InChI=1S/C22H12F6N2O12S2/c23-21(24,25)43(37,38)14-1-3-18(16(9-14)29(33)34)41-12-5-11(7-20(31)32)6-13(8-12)42-19-4-2-15(10-17(19)30(35)36)44(39,40)22(26,27)28/h1-6,8-10H,7H2,(H,31,32)/p-1. The Kier molecular flexibility index (Phi) is 8.83. The second-order valence-corrected chi connectivity index (χ2v) is 12.1. The third-order valence-corrected chi connectivity index (χ3v) is 8.20. The summed E-state index contributed by atoms with van der Waals surface area (Å²) in [4.78, 5) is 28.5. The van der Waals surface area contributed by atoms with Crippen LogP contribution in [0.5, 0.6) is 23.0 Å². The molecule has 0 aromatic heterocycles. The number of alkyl halides is 6. The van der Waals surface area contributed by atoms with Crippen molar-refractivity contribution in [2.75, 3.05) is 0 Å². The van der Waals surface area contributed by atoms with Crippen LogP contribution in [0.1, 0.15) is 5.56 Å². The van der Waals surface area contributed by atoms with Gasteiger partial charge in [0, 0.05) is 30.6 Å². The summed E-state index contributed by atoms with van der Waals surface area (Å²) in [5.74, 6) is -4.56. The summed E-state index contributed by atoms with van der Waals surface area (Å²) in [6.07, 6.45) is -0.913. The maximum Gasteiger partial charge on any atom is 0.501 e. The van der Waals surface area contributed by atoms with Gasteiger partial charge < -0.3 is 19.4 Å². The summed E-state index contributed by atoms with van der Waals surface area (Å²) in [6, 6.07) is 4.30. The number of benzene rings is 3. The van der Waals surface area contributed by atoms with Crippen LogP contribution in [0.2, 0.25) is 0 Å². The summed E-state index contributed by atoms with van der Waals surface area (Å²) in [5, 5.41) is 34.1. The van der Waals surface area contributed by atoms with E-state index in [1.807, 2.05) is 0 Å². The van der Waals surface area contributed by atoms with Crippen LogP contribution >= 0.6 is 0 Å². The van der Waals surface area contributed by atoms with Crippen LogP contribution in [0.25, 0.3) is 0 Å². The van der Waals surface area contributed by atoms with Crippen LogP contribution in [-0.4, -0.2) is 43.7 Å². The van der Waals surface area contributed by atoms with Gasteiger partial charge in [-0.1, -0.05) is 0 Å². The Morgan fingerprint density at radius 1 is 0.682 bits per heavy atom. The fourth-order valence-corrected chi connectivity index (χ4v) is 4.89. The molecule has 3 rings (SSSR count). The van der Waals surface area contributed by atoms with E-state index in [1.54, 1.807) is 0 Å². The highest BCUT2D eigenvalue weighted by molar-refractivity contribution is 7.92. The molecule has 0 saturated carbocycles. The van der Waals surface area contributed by atoms with Gasteiger partial charge in [0.25, 0.3) is 19.7 Å². The molecule has 0 fully saturated rings. The number of carboxylic acids is 1. The molecule has 0 aliphatic carbocycles. The molecule has 0 heterocycles. The van der Waals surface area contributed by atoms with Crippen molar-refractivity contribution in [3.05, 3.63) is 80.4 Å². The van der Waals surface area contributed by atoms with E-state index < -0.39 is 97.1 Å². The lowest BCUT2D eigenvalue weighted by molar-refractivity contribution is -0.385. The Morgan fingerprint density at radius 2 is 1.05 bits per heavy atom. The molecule has 0 aliphatic rings. The summed E-state index contributed by atoms with van der Waals surface area (Å²) < 4.78 is 135. The monoisotopic (exact) mass is 673 g/mol. The molecule has 14 nitrogen and oxygen atoms in total. The number of carboxylic acid groups (broad SMARTS) is 1. The topological polar surface area (TPSA) is 213 Å². The van der Waals surface area contributed by atoms with Crippen LogP contribution in [-0.2, 0) is 30.9 Å². The first-order valence-electron chi connectivity index (χ1n) is 10.9. The zero-order chi connectivity index (χ0) is 33.4. The van der Waals surface area contributed by atoms with E-state index in [2.05, 4.69) is 0 Å². The number of hydrogen-bond acceptors (Lipinski definition) is 12. The minimum atomic E-state index is -6.02. The molecular formula is C22H11F6N2O12S2-. The average molecular weight is 673 g/mol. The number of halogens is 6. The normalized spacial score (nSPS) is 12.4. The number of nitro benzene ring substituents is 2. The molecule has 0 N–H and O–H groups in total. The van der Waals surface area contributed by atoms with Crippen LogP contribution in [0.3, 0.4) is 0 Å². The molecule has 0 radical (unpaired) electrons. The third-order valence-electron chi connectivity index (χ3n) is 5.23. The van der Waals surface area contributed by atoms with Gasteiger partial charge in [0.05, 0.1) is 19.6 Å². The fraction of sp³-hybridized carbons (Fsp3) is 0.136. The average Bonchev–Trinajstić information content (AvgIpc) is 2.86. The predicted octanol–water partition coefficient (Wildman–Crippen LogP) is 3.97. The smallest absolute Gasteiger partial charge is 0.501 e. The van der Waals surface area contributed by atoms with Crippen LogP contribution in [0.15, 0.2) is 64.4 Å². The third kappa shape index (κ3) is 6.96. The van der Waals surface area contributed by atoms with E-state index in [0.717, 1.165) is 18.2 Å². The Morgan fingerprint density at radius 3 is 1.34 bits per heavy atom. The Bertz CT molecular complexity index is 1770. The largest absolute Gasteiger partial charge is 0.550 e. The van der Waals surface area contributed by atoms with Gasteiger partial charge in [0.1, 0.15) is 11.5 Å². The number of hydrogen-bond donors (Lipinski definition) is 0. The quantitative estimate of drug-likeness (QED) is 0.170. The molecule has 0 amide bonds. The van der Waals surface area contributed by atoms with E-state index in [4.69, 9.17) is 9.47 Å². The number of aliphatic carboxylic acids is 1. The van der Waals surface area contributed by atoms with Crippen molar-refractivity contribution in [3.63, 3.8) is 0 Å². The predicted molar refractivity (Wildman–Crippen MR) is 128 cm³/mol. The highest BCUT2D eigenvalue weighted by atomic mass is 32.2. The molecule has 22 heteroatoms. The van der Waals surface area contributed by atoms with Gasteiger partial charge in [-0.05, 0) is 42.0 Å². The maximum atomic E-state index is 12.9. The molecule has 0 saturated heterocycles. The minimum Gasteiger partial charge on any atom is -0.550 e. The second-order valence-electron chi connectivity index (χ2n) is 8.24. The lowest BCUT2D eigenvalue weighted by atomic mass is 10.1. The number of ether oxygens (including phenoxy) is 2. The first kappa shape index (κ1) is 33.5.